The molecule has 4 rings (SSSR count). The lowest BCUT2D eigenvalue weighted by molar-refractivity contribution is -0.141. The number of nitrogens with zero attached hydrogens (tertiary/aromatic N) is 5. The van der Waals surface area contributed by atoms with Crippen molar-refractivity contribution < 1.29 is 32.2 Å². The quantitative estimate of drug-likeness (QED) is 0.519. The fraction of sp³-hybridized carbons (Fsp3) is 0.609. The zero-order valence-corrected chi connectivity index (χ0v) is 20.5. The normalized spacial score (nSPS) is 19.9. The second-order valence-corrected chi connectivity index (χ2v) is 9.01. The molecule has 2 saturated heterocycles. The highest BCUT2D eigenvalue weighted by Crippen LogP contribution is 2.29. The zero-order chi connectivity index (χ0) is 26.6. The van der Waals surface area contributed by atoms with Crippen molar-refractivity contribution in [3.63, 3.8) is 0 Å². The lowest BCUT2D eigenvalue weighted by atomic mass is 10.0. The molecule has 11 nitrogen and oxygen atoms in total. The predicted octanol–water partition coefficient (Wildman–Crippen LogP) is 1.57. The van der Waals surface area contributed by atoms with Crippen LogP contribution < -0.4 is 15.2 Å². The number of carbonyl (C=O) groups is 1. The number of hydrogen-bond donors (Lipinski definition) is 1. The van der Waals surface area contributed by atoms with Gasteiger partial charge in [0.15, 0.2) is 0 Å². The number of anilines is 1. The van der Waals surface area contributed by atoms with Gasteiger partial charge in [-0.2, -0.15) is 18.3 Å². The summed E-state index contributed by atoms with van der Waals surface area (Å²) in [6.45, 7) is 3.51. The van der Waals surface area contributed by atoms with Crippen molar-refractivity contribution >= 4 is 11.9 Å². The van der Waals surface area contributed by atoms with Gasteiger partial charge in [0.25, 0.3) is 11.5 Å². The molecule has 0 spiro atoms. The van der Waals surface area contributed by atoms with Crippen molar-refractivity contribution in [2.24, 2.45) is 0 Å². The summed E-state index contributed by atoms with van der Waals surface area (Å²) in [6.07, 6.45) is -0.828. The molecule has 37 heavy (non-hydrogen) atoms. The van der Waals surface area contributed by atoms with Gasteiger partial charge in [-0.1, -0.05) is 0 Å². The van der Waals surface area contributed by atoms with E-state index in [0.717, 1.165) is 12.4 Å². The lowest BCUT2D eigenvalue weighted by Gasteiger charge is -2.36. The summed E-state index contributed by atoms with van der Waals surface area (Å²) in [5.74, 6) is 0.461. The number of amides is 1. The largest absolute Gasteiger partial charge is 0.483 e. The van der Waals surface area contributed by atoms with E-state index in [-0.39, 0.29) is 36.7 Å². The number of halogens is 3. The van der Waals surface area contributed by atoms with Crippen LogP contribution >= 0.6 is 0 Å². The first-order valence-corrected chi connectivity index (χ1v) is 11.9. The van der Waals surface area contributed by atoms with Gasteiger partial charge >= 0.3 is 6.18 Å². The fourth-order valence-electron chi connectivity index (χ4n) is 4.47. The SMILES string of the molecule is COC[C@@H](CO[C@H]1CCN(C2CCN(c3ncc(C(F)(F)F)cn3)CC2)C1=O)Oc1cn[nH]c(=O)c1C. The third-order valence-electron chi connectivity index (χ3n) is 6.53. The molecular weight excluding hydrogens is 497 g/mol. The average molecular weight is 527 g/mol. The molecule has 0 saturated carbocycles. The first-order chi connectivity index (χ1) is 17.7. The average Bonchev–Trinajstić information content (AvgIpc) is 3.25. The molecule has 0 aromatic carbocycles. The first kappa shape index (κ1) is 26.8. The van der Waals surface area contributed by atoms with Crippen LogP contribution in [0.25, 0.3) is 0 Å². The highest BCUT2D eigenvalue weighted by atomic mass is 19.4. The van der Waals surface area contributed by atoms with E-state index in [1.807, 2.05) is 9.80 Å². The number of hydrogen-bond acceptors (Lipinski definition) is 9. The molecule has 4 heterocycles. The number of ether oxygens (including phenoxy) is 3. The van der Waals surface area contributed by atoms with Gasteiger partial charge in [0.05, 0.1) is 30.5 Å². The number of methoxy groups -OCH3 is 1. The summed E-state index contributed by atoms with van der Waals surface area (Å²) in [5.41, 5.74) is -0.860. The number of alkyl halides is 3. The molecular formula is C23H29F3N6O5. The number of piperidine rings is 1. The maximum absolute atomic E-state index is 13.0. The Labute approximate surface area is 210 Å². The van der Waals surface area contributed by atoms with Gasteiger partial charge in [-0.25, -0.2) is 15.1 Å². The molecule has 2 fully saturated rings. The van der Waals surface area contributed by atoms with Crippen LogP contribution in [-0.4, -0.2) is 89.2 Å². The molecule has 0 aliphatic carbocycles. The molecule has 2 aliphatic heterocycles. The highest BCUT2D eigenvalue weighted by molar-refractivity contribution is 5.83. The molecule has 202 valence electrons. The number of rotatable bonds is 9. The van der Waals surface area contributed by atoms with Crippen LogP contribution in [0.4, 0.5) is 19.1 Å². The number of aromatic amines is 1. The summed E-state index contributed by atoms with van der Waals surface area (Å²) >= 11 is 0. The van der Waals surface area contributed by atoms with Gasteiger partial charge in [-0.05, 0) is 19.8 Å². The Morgan fingerprint density at radius 2 is 1.78 bits per heavy atom. The minimum Gasteiger partial charge on any atom is -0.483 e. The summed E-state index contributed by atoms with van der Waals surface area (Å²) in [4.78, 5) is 36.2. The standard InChI is InChI=1S/C23H29F3N6O5/c1-14-19(11-29-30-20(14)33)37-17(12-35-2)13-36-18-5-8-32(21(18)34)16-3-6-31(7-4-16)22-27-9-15(10-28-22)23(24,25)26/h9-11,16-18H,3-8,12-13H2,1-2H3,(H,30,33)/t17-,18-/m0/s1. The van der Waals surface area contributed by atoms with E-state index >= 15 is 0 Å². The Morgan fingerprint density at radius 1 is 1.08 bits per heavy atom. The van der Waals surface area contributed by atoms with Gasteiger partial charge in [0, 0.05) is 51.6 Å². The van der Waals surface area contributed by atoms with E-state index < -0.39 is 23.9 Å². The van der Waals surface area contributed by atoms with Crippen molar-refractivity contribution in [3.05, 3.63) is 40.1 Å². The van der Waals surface area contributed by atoms with Gasteiger partial charge < -0.3 is 24.0 Å². The molecule has 14 heteroatoms. The summed E-state index contributed by atoms with van der Waals surface area (Å²) in [7, 11) is 1.52. The van der Waals surface area contributed by atoms with Gasteiger partial charge in [0.2, 0.25) is 5.95 Å². The minimum atomic E-state index is -4.48. The Balaban J connectivity index is 1.28. The lowest BCUT2D eigenvalue weighted by Crippen LogP contribution is -2.47. The molecule has 0 bridgehead atoms. The maximum atomic E-state index is 13.0. The molecule has 1 N–H and O–H groups in total. The van der Waals surface area contributed by atoms with E-state index in [1.165, 1.54) is 13.3 Å². The van der Waals surface area contributed by atoms with E-state index in [4.69, 9.17) is 14.2 Å². The van der Waals surface area contributed by atoms with Gasteiger partial charge in [-0.3, -0.25) is 9.59 Å². The van der Waals surface area contributed by atoms with E-state index in [9.17, 15) is 22.8 Å². The minimum absolute atomic E-state index is 0.00240. The molecule has 2 atom stereocenters. The number of likely N-dealkylation sites (tertiary alicyclic amines) is 1. The van der Waals surface area contributed by atoms with Crippen LogP contribution in [0, 0.1) is 6.92 Å². The van der Waals surface area contributed by atoms with Gasteiger partial charge in [0.1, 0.15) is 18.0 Å². The van der Waals surface area contributed by atoms with Crippen LogP contribution in [0.1, 0.15) is 30.4 Å². The van der Waals surface area contributed by atoms with Crippen molar-refractivity contribution in [2.45, 2.75) is 50.6 Å². The van der Waals surface area contributed by atoms with Crippen LogP contribution in [0.15, 0.2) is 23.4 Å². The third kappa shape index (κ3) is 6.36. The van der Waals surface area contributed by atoms with Crippen LogP contribution in [-0.2, 0) is 20.4 Å². The van der Waals surface area contributed by atoms with Crippen molar-refractivity contribution in [3.8, 4) is 5.75 Å². The topological polar surface area (TPSA) is 123 Å². The number of carbonyl (C=O) groups excluding carboxylic acids is 1. The zero-order valence-electron chi connectivity index (χ0n) is 20.5. The van der Waals surface area contributed by atoms with E-state index in [0.29, 0.717) is 50.2 Å². The first-order valence-electron chi connectivity index (χ1n) is 11.9. The fourth-order valence-corrected chi connectivity index (χ4v) is 4.47. The highest BCUT2D eigenvalue weighted by Gasteiger charge is 2.38. The van der Waals surface area contributed by atoms with Crippen LogP contribution in [0.2, 0.25) is 0 Å². The smallest absolute Gasteiger partial charge is 0.419 e. The maximum Gasteiger partial charge on any atom is 0.419 e. The molecule has 0 radical (unpaired) electrons. The summed E-state index contributed by atoms with van der Waals surface area (Å²) in [5, 5.41) is 6.08. The molecule has 2 aromatic heterocycles. The Bertz CT molecular complexity index is 1120. The predicted molar refractivity (Wildman–Crippen MR) is 124 cm³/mol. The van der Waals surface area contributed by atoms with Crippen LogP contribution in [0.3, 0.4) is 0 Å². The number of nitrogens with one attached hydrogen (secondary N) is 1. The van der Waals surface area contributed by atoms with E-state index in [2.05, 4.69) is 20.2 Å². The van der Waals surface area contributed by atoms with Crippen molar-refractivity contribution in [1.82, 2.24) is 25.1 Å². The molecule has 2 aliphatic rings. The Hall–Kier alpha value is -3.26. The van der Waals surface area contributed by atoms with E-state index in [1.54, 1.807) is 6.92 Å². The van der Waals surface area contributed by atoms with Gasteiger partial charge in [-0.15, -0.1) is 0 Å². The Kier molecular flexibility index (Phi) is 8.27. The molecule has 1 amide bonds. The van der Waals surface area contributed by atoms with Crippen LogP contribution in [0.5, 0.6) is 5.75 Å². The molecule has 0 unspecified atom stereocenters. The van der Waals surface area contributed by atoms with Crippen molar-refractivity contribution in [1.29, 1.82) is 0 Å². The molecule has 2 aromatic rings. The second kappa shape index (κ2) is 11.4. The summed E-state index contributed by atoms with van der Waals surface area (Å²) < 4.78 is 55.2. The third-order valence-corrected chi connectivity index (χ3v) is 6.53. The van der Waals surface area contributed by atoms with Crippen molar-refractivity contribution in [2.75, 3.05) is 44.9 Å². The number of H-pyrrole nitrogens is 1. The number of aromatic nitrogens is 4. The monoisotopic (exact) mass is 526 g/mol. The Morgan fingerprint density at radius 3 is 2.43 bits per heavy atom. The summed E-state index contributed by atoms with van der Waals surface area (Å²) in [6, 6.07) is 0.00240. The second-order valence-electron chi connectivity index (χ2n) is 9.01.